The van der Waals surface area contributed by atoms with Crippen LogP contribution in [0.3, 0.4) is 0 Å². The third-order valence-corrected chi connectivity index (χ3v) is 4.94. The highest BCUT2D eigenvalue weighted by Crippen LogP contribution is 2.18. The third kappa shape index (κ3) is 6.03. The third-order valence-electron chi connectivity index (χ3n) is 3.53. The molecule has 1 fully saturated rings. The van der Waals surface area contributed by atoms with Gasteiger partial charge < -0.3 is 10.1 Å². The fourth-order valence-electron chi connectivity index (χ4n) is 2.12. The second kappa shape index (κ2) is 7.77. The van der Waals surface area contributed by atoms with Crippen molar-refractivity contribution in [3.63, 3.8) is 0 Å². The lowest BCUT2D eigenvalue weighted by Gasteiger charge is -2.10. The molecule has 1 saturated carbocycles. The van der Waals surface area contributed by atoms with Gasteiger partial charge in [0, 0.05) is 18.2 Å². The molecule has 0 amide bonds. The number of methoxy groups -OCH3 is 1. The van der Waals surface area contributed by atoms with E-state index in [1.165, 1.54) is 12.8 Å². The maximum absolute atomic E-state index is 11.9. The van der Waals surface area contributed by atoms with Gasteiger partial charge in [0.25, 0.3) is 0 Å². The largest absolute Gasteiger partial charge is 0.496 e. The van der Waals surface area contributed by atoms with E-state index in [1.807, 2.05) is 24.3 Å². The van der Waals surface area contributed by atoms with Gasteiger partial charge >= 0.3 is 0 Å². The number of ether oxygens (including phenoxy) is 1. The lowest BCUT2D eigenvalue weighted by atomic mass is 10.2. The van der Waals surface area contributed by atoms with Gasteiger partial charge in [-0.2, -0.15) is 0 Å². The number of sulfonamides is 1. The highest BCUT2D eigenvalue weighted by atomic mass is 32.2. The van der Waals surface area contributed by atoms with Crippen LogP contribution in [0, 0.1) is 0 Å². The first kappa shape index (κ1) is 16.3. The Labute approximate surface area is 127 Å². The molecule has 0 bridgehead atoms. The predicted octanol–water partition coefficient (Wildman–Crippen LogP) is 1.65. The molecule has 0 heterocycles. The van der Waals surface area contributed by atoms with Gasteiger partial charge in [0.05, 0.1) is 12.9 Å². The van der Waals surface area contributed by atoms with Gasteiger partial charge in [-0.05, 0) is 38.3 Å². The van der Waals surface area contributed by atoms with Gasteiger partial charge in [-0.1, -0.05) is 18.2 Å². The molecule has 5 nitrogen and oxygen atoms in total. The van der Waals surface area contributed by atoms with Crippen LogP contribution in [0.2, 0.25) is 0 Å². The molecule has 0 spiro atoms. The molecule has 2 rings (SSSR count). The smallest absolute Gasteiger partial charge is 0.211 e. The molecule has 0 atom stereocenters. The van der Waals surface area contributed by atoms with Crippen molar-refractivity contribution in [1.29, 1.82) is 0 Å². The summed E-state index contributed by atoms with van der Waals surface area (Å²) >= 11 is 0. The molecule has 0 aliphatic heterocycles. The highest BCUT2D eigenvalue weighted by Gasteiger charge is 2.19. The standard InChI is InChI=1S/C15H24N2O3S/c1-20-15-7-3-2-6-13(15)12-17-21(18,19)11-5-4-10-16-14-8-9-14/h2-3,6-7,14,16-17H,4-5,8-12H2,1H3. The van der Waals surface area contributed by atoms with Crippen molar-refractivity contribution < 1.29 is 13.2 Å². The molecule has 0 saturated heterocycles. The van der Waals surface area contributed by atoms with Gasteiger partial charge in [0.15, 0.2) is 0 Å². The number of hydrogen-bond acceptors (Lipinski definition) is 4. The molecule has 1 aromatic rings. The predicted molar refractivity (Wildman–Crippen MR) is 83.9 cm³/mol. The molecule has 0 unspecified atom stereocenters. The average Bonchev–Trinajstić information content (AvgIpc) is 3.29. The van der Waals surface area contributed by atoms with Crippen LogP contribution < -0.4 is 14.8 Å². The van der Waals surface area contributed by atoms with Crippen molar-refractivity contribution in [3.05, 3.63) is 29.8 Å². The van der Waals surface area contributed by atoms with Crippen LogP contribution in [-0.2, 0) is 16.6 Å². The van der Waals surface area contributed by atoms with E-state index < -0.39 is 10.0 Å². The van der Waals surface area contributed by atoms with E-state index in [4.69, 9.17) is 4.74 Å². The first-order chi connectivity index (χ1) is 10.1. The van der Waals surface area contributed by atoms with Crippen LogP contribution >= 0.6 is 0 Å². The second-order valence-electron chi connectivity index (χ2n) is 5.39. The molecule has 1 aliphatic carbocycles. The topological polar surface area (TPSA) is 67.4 Å². The van der Waals surface area contributed by atoms with Gasteiger partial charge in [0.2, 0.25) is 10.0 Å². The van der Waals surface area contributed by atoms with E-state index >= 15 is 0 Å². The quantitative estimate of drug-likeness (QED) is 0.645. The van der Waals surface area contributed by atoms with Crippen molar-refractivity contribution in [3.8, 4) is 5.75 Å². The molecular formula is C15H24N2O3S. The Morgan fingerprint density at radius 1 is 1.24 bits per heavy atom. The molecule has 1 aliphatic rings. The van der Waals surface area contributed by atoms with Gasteiger partial charge in [-0.25, -0.2) is 13.1 Å². The minimum Gasteiger partial charge on any atom is -0.496 e. The summed E-state index contributed by atoms with van der Waals surface area (Å²) in [6.07, 6.45) is 4.10. The van der Waals surface area contributed by atoms with E-state index in [9.17, 15) is 8.42 Å². The Balaban J connectivity index is 1.69. The molecule has 21 heavy (non-hydrogen) atoms. The Kier molecular flexibility index (Phi) is 6.02. The zero-order chi connectivity index (χ0) is 15.1. The molecular weight excluding hydrogens is 288 g/mol. The van der Waals surface area contributed by atoms with Crippen LogP contribution in [0.5, 0.6) is 5.75 Å². The summed E-state index contributed by atoms with van der Waals surface area (Å²) in [5.41, 5.74) is 0.846. The fraction of sp³-hybridized carbons (Fsp3) is 0.600. The minimum absolute atomic E-state index is 0.175. The van der Waals surface area contributed by atoms with Crippen molar-refractivity contribution in [1.82, 2.24) is 10.0 Å². The maximum atomic E-state index is 11.9. The van der Waals surface area contributed by atoms with Crippen molar-refractivity contribution in [2.75, 3.05) is 19.4 Å². The van der Waals surface area contributed by atoms with Gasteiger partial charge in [0.1, 0.15) is 5.75 Å². The minimum atomic E-state index is -3.22. The van der Waals surface area contributed by atoms with E-state index in [0.717, 1.165) is 18.5 Å². The zero-order valence-corrected chi connectivity index (χ0v) is 13.3. The van der Waals surface area contributed by atoms with Crippen LogP contribution in [-0.4, -0.2) is 33.9 Å². The summed E-state index contributed by atoms with van der Waals surface area (Å²) < 4.78 is 31.7. The van der Waals surface area contributed by atoms with Crippen molar-refractivity contribution >= 4 is 10.0 Å². The lowest BCUT2D eigenvalue weighted by molar-refractivity contribution is 0.409. The summed E-state index contributed by atoms with van der Waals surface area (Å²) in [5.74, 6) is 0.878. The number of benzene rings is 1. The first-order valence-corrected chi connectivity index (χ1v) is 9.08. The van der Waals surface area contributed by atoms with E-state index in [2.05, 4.69) is 10.0 Å². The Morgan fingerprint density at radius 3 is 2.71 bits per heavy atom. The number of rotatable bonds is 10. The molecule has 118 valence electrons. The van der Waals surface area contributed by atoms with Gasteiger partial charge in [-0.15, -0.1) is 0 Å². The maximum Gasteiger partial charge on any atom is 0.211 e. The number of nitrogens with one attached hydrogen (secondary N) is 2. The summed E-state index contributed by atoms with van der Waals surface area (Å²) in [6.45, 7) is 1.18. The van der Waals surface area contributed by atoms with Crippen LogP contribution in [0.4, 0.5) is 0 Å². The van der Waals surface area contributed by atoms with E-state index in [0.29, 0.717) is 18.2 Å². The number of unbranched alkanes of at least 4 members (excludes halogenated alkanes) is 1. The Morgan fingerprint density at radius 2 is 2.00 bits per heavy atom. The first-order valence-electron chi connectivity index (χ1n) is 7.43. The summed E-state index contributed by atoms with van der Waals surface area (Å²) in [4.78, 5) is 0. The molecule has 1 aromatic carbocycles. The lowest BCUT2D eigenvalue weighted by Crippen LogP contribution is -2.27. The summed E-state index contributed by atoms with van der Waals surface area (Å²) in [7, 11) is -1.64. The van der Waals surface area contributed by atoms with E-state index in [1.54, 1.807) is 7.11 Å². The van der Waals surface area contributed by atoms with Gasteiger partial charge in [-0.3, -0.25) is 0 Å². The average molecular weight is 312 g/mol. The van der Waals surface area contributed by atoms with Crippen LogP contribution in [0.25, 0.3) is 0 Å². The normalized spacial score (nSPS) is 15.1. The summed E-state index contributed by atoms with van der Waals surface area (Å²) in [6, 6.07) is 8.11. The second-order valence-corrected chi connectivity index (χ2v) is 7.31. The van der Waals surface area contributed by atoms with Crippen LogP contribution in [0.15, 0.2) is 24.3 Å². The van der Waals surface area contributed by atoms with Crippen molar-refractivity contribution in [2.45, 2.75) is 38.3 Å². The SMILES string of the molecule is COc1ccccc1CNS(=O)(=O)CCCCNC1CC1. The van der Waals surface area contributed by atoms with Crippen LogP contribution in [0.1, 0.15) is 31.2 Å². The van der Waals surface area contributed by atoms with E-state index in [-0.39, 0.29) is 12.3 Å². The Bertz CT molecular complexity index is 542. The summed E-state index contributed by atoms with van der Waals surface area (Å²) in [5, 5.41) is 3.38. The molecule has 0 aromatic heterocycles. The highest BCUT2D eigenvalue weighted by molar-refractivity contribution is 7.89. The monoisotopic (exact) mass is 312 g/mol. The number of hydrogen-bond donors (Lipinski definition) is 2. The molecule has 2 N–H and O–H groups in total. The fourth-order valence-corrected chi connectivity index (χ4v) is 3.22. The molecule has 6 heteroatoms. The number of para-hydroxylation sites is 1. The Hall–Kier alpha value is -1.11. The molecule has 0 radical (unpaired) electrons. The zero-order valence-electron chi connectivity index (χ0n) is 12.5. The van der Waals surface area contributed by atoms with Crippen molar-refractivity contribution in [2.24, 2.45) is 0 Å².